The van der Waals surface area contributed by atoms with Crippen LogP contribution in [0.4, 0.5) is 0 Å². The maximum Gasteiger partial charge on any atom is 0.309 e. The molecule has 0 aromatic carbocycles. The molecule has 3 N–H and O–H groups in total. The monoisotopic (exact) mass is 303 g/mol. The van der Waals surface area contributed by atoms with Crippen molar-refractivity contribution in [2.75, 3.05) is 0 Å². The normalized spacial score (nSPS) is 15.3. The van der Waals surface area contributed by atoms with Gasteiger partial charge in [-0.25, -0.2) is 0 Å². The molecule has 0 rings (SSSR count). The molecule has 0 fully saturated rings. The smallest absolute Gasteiger partial charge is 0.309 e. The van der Waals surface area contributed by atoms with Gasteiger partial charge in [-0.05, 0) is 40.5 Å². The highest BCUT2D eigenvalue weighted by Gasteiger charge is 2.37. The summed E-state index contributed by atoms with van der Waals surface area (Å²) in [6.07, 6.45) is 1.40. The minimum absolute atomic E-state index is 0.242. The molecule has 0 bridgehead atoms. The van der Waals surface area contributed by atoms with Gasteiger partial charge in [0.15, 0.2) is 0 Å². The Morgan fingerprint density at radius 3 is 1.62 bits per heavy atom. The molecule has 2 unspecified atom stereocenters. The van der Waals surface area contributed by atoms with Gasteiger partial charge in [-0.1, -0.05) is 18.0 Å². The number of carbonyl (C=O) groups is 2. The molecule has 0 amide bonds. The summed E-state index contributed by atoms with van der Waals surface area (Å²) in [7, 11) is 0. The van der Waals surface area contributed by atoms with Crippen LogP contribution in [0.1, 0.15) is 53.4 Å². The highest BCUT2D eigenvalue weighted by Crippen LogP contribution is 2.28. The second-order valence-electron chi connectivity index (χ2n) is 6.46. The lowest BCUT2D eigenvalue weighted by molar-refractivity contribution is -0.150. The molecule has 2 atom stereocenters. The topological polar surface area (TPSA) is 124 Å². The van der Waals surface area contributed by atoms with Crippen molar-refractivity contribution in [3.63, 3.8) is 0 Å². The van der Waals surface area contributed by atoms with Crippen molar-refractivity contribution in [3.8, 4) is 0 Å². The predicted octanol–water partition coefficient (Wildman–Crippen LogP) is 2.26. The lowest BCUT2D eigenvalue weighted by Crippen LogP contribution is -2.37. The highest BCUT2D eigenvalue weighted by atomic mass is 16.4. The number of carboxylic acid groups (broad SMARTS) is 2. The molecule has 0 heterocycles. The van der Waals surface area contributed by atoms with Gasteiger partial charge in [0.2, 0.25) is 0 Å². The van der Waals surface area contributed by atoms with E-state index in [1.165, 1.54) is 27.7 Å². The van der Waals surface area contributed by atoms with Crippen molar-refractivity contribution in [2.45, 2.75) is 64.5 Å². The average Bonchev–Trinajstić information content (AvgIpc) is 2.30. The van der Waals surface area contributed by atoms with Gasteiger partial charge in [-0.3, -0.25) is 9.59 Å². The van der Waals surface area contributed by atoms with Crippen molar-refractivity contribution >= 4 is 11.9 Å². The maximum absolute atomic E-state index is 11.2. The third-order valence-electron chi connectivity index (χ3n) is 3.77. The van der Waals surface area contributed by atoms with Crippen LogP contribution in [0.25, 0.3) is 0 Å². The summed E-state index contributed by atoms with van der Waals surface area (Å²) >= 11 is 0. The van der Waals surface area contributed by atoms with Crippen LogP contribution < -0.4 is 0 Å². The Morgan fingerprint density at radius 1 is 0.952 bits per heavy atom. The number of rotatable bonds is 10. The lowest BCUT2D eigenvalue weighted by Gasteiger charge is -2.26. The summed E-state index contributed by atoms with van der Waals surface area (Å²) in [5.74, 6) is -3.97. The van der Waals surface area contributed by atoms with E-state index in [4.69, 9.17) is 10.2 Å². The molecule has 0 saturated heterocycles. The molecule has 0 aromatic heterocycles. The Bertz CT molecular complexity index is 385. The molecule has 0 radical (unpaired) electrons. The molecule has 21 heavy (non-hydrogen) atoms. The van der Waals surface area contributed by atoms with Gasteiger partial charge in [0.1, 0.15) is 5.54 Å². The van der Waals surface area contributed by atoms with Crippen LogP contribution in [-0.4, -0.2) is 38.4 Å². The number of nitrogens with zero attached hydrogens (tertiary/aromatic N) is 1. The van der Waals surface area contributed by atoms with Gasteiger partial charge in [-0.2, -0.15) is 4.91 Å². The molecule has 0 saturated carbocycles. The van der Waals surface area contributed by atoms with E-state index in [2.05, 4.69) is 5.18 Å². The first-order chi connectivity index (χ1) is 9.43. The van der Waals surface area contributed by atoms with E-state index in [-0.39, 0.29) is 12.8 Å². The van der Waals surface area contributed by atoms with Crippen molar-refractivity contribution in [2.24, 2.45) is 17.0 Å². The fourth-order valence-corrected chi connectivity index (χ4v) is 2.32. The summed E-state index contributed by atoms with van der Waals surface area (Å²) < 4.78 is 0. The Kier molecular flexibility index (Phi) is 6.96. The van der Waals surface area contributed by atoms with Gasteiger partial charge >= 0.3 is 11.9 Å². The first kappa shape index (κ1) is 19.5. The van der Waals surface area contributed by atoms with E-state index >= 15 is 0 Å². The number of nitroso groups, excluding NO2 is 1. The maximum atomic E-state index is 11.2. The van der Waals surface area contributed by atoms with Crippen molar-refractivity contribution in [1.29, 1.82) is 0 Å². The minimum atomic E-state index is -1.33. The van der Waals surface area contributed by atoms with E-state index < -0.39 is 34.9 Å². The van der Waals surface area contributed by atoms with Crippen molar-refractivity contribution in [3.05, 3.63) is 4.91 Å². The van der Waals surface area contributed by atoms with Crippen LogP contribution in [0.5, 0.6) is 0 Å². The van der Waals surface area contributed by atoms with E-state index in [0.29, 0.717) is 12.8 Å². The summed E-state index contributed by atoms with van der Waals surface area (Å²) in [6.45, 7) is 5.81. The van der Waals surface area contributed by atoms with Crippen LogP contribution in [0, 0.1) is 16.7 Å². The molecular weight excluding hydrogens is 278 g/mol. The van der Waals surface area contributed by atoms with Crippen molar-refractivity contribution in [1.82, 2.24) is 0 Å². The zero-order valence-electron chi connectivity index (χ0n) is 13.0. The Morgan fingerprint density at radius 2 is 1.33 bits per heavy atom. The second-order valence-corrected chi connectivity index (χ2v) is 6.46. The number of carboxylic acids is 2. The van der Waals surface area contributed by atoms with Crippen LogP contribution in [0.3, 0.4) is 0 Å². The fraction of sp³-hybridized carbons (Fsp3) is 0.857. The zero-order chi connectivity index (χ0) is 16.8. The number of hydrogen-bond acceptors (Lipinski definition) is 5. The van der Waals surface area contributed by atoms with E-state index in [1.807, 2.05) is 0 Å². The van der Waals surface area contributed by atoms with Gasteiger partial charge in [0, 0.05) is 0 Å². The number of aliphatic carboxylic acids is 2. The minimum Gasteiger partial charge on any atom is -0.481 e. The summed E-state index contributed by atoms with van der Waals surface area (Å²) in [6, 6.07) is 0. The number of hydrogen-bond donors (Lipinski definition) is 3. The predicted molar refractivity (Wildman–Crippen MR) is 76.9 cm³/mol. The Hall–Kier alpha value is -1.50. The van der Waals surface area contributed by atoms with Crippen LogP contribution in [0.2, 0.25) is 0 Å². The molecule has 0 spiro atoms. The first-order valence-corrected chi connectivity index (χ1v) is 6.96. The third kappa shape index (κ3) is 6.20. The van der Waals surface area contributed by atoms with Crippen LogP contribution in [-0.2, 0) is 9.59 Å². The number of aliphatic hydroxyl groups is 1. The molecule has 0 aliphatic heterocycles. The standard InChI is InChI=1S/C14H25NO6/c1-13(2,15-21)9(11(16)17)7-5-6-8-10(12(18)19)14(3,4)20/h9-10,20H,5-8H2,1-4H3,(H,16,17)(H,18,19). The highest BCUT2D eigenvalue weighted by molar-refractivity contribution is 5.72. The Balaban J connectivity index is 4.50. The number of unbranched alkanes of at least 4 members (excludes halogenated alkanes) is 1. The van der Waals surface area contributed by atoms with Gasteiger partial charge in [-0.15, -0.1) is 0 Å². The van der Waals surface area contributed by atoms with Gasteiger partial charge < -0.3 is 15.3 Å². The third-order valence-corrected chi connectivity index (χ3v) is 3.77. The summed E-state index contributed by atoms with van der Waals surface area (Å²) in [4.78, 5) is 33.0. The molecule has 7 heteroatoms. The van der Waals surface area contributed by atoms with E-state index in [1.54, 1.807) is 0 Å². The average molecular weight is 303 g/mol. The van der Waals surface area contributed by atoms with Gasteiger partial charge in [0.05, 0.1) is 17.4 Å². The van der Waals surface area contributed by atoms with Gasteiger partial charge in [0.25, 0.3) is 0 Å². The molecule has 0 aromatic rings. The lowest BCUT2D eigenvalue weighted by atomic mass is 9.82. The SMILES string of the molecule is CC(C)(O)C(CCCCC(C(=O)O)C(C)(C)N=O)C(=O)O. The summed E-state index contributed by atoms with van der Waals surface area (Å²) in [5, 5.41) is 30.8. The van der Waals surface area contributed by atoms with Crippen LogP contribution >= 0.6 is 0 Å². The van der Waals surface area contributed by atoms with E-state index in [0.717, 1.165) is 0 Å². The molecule has 7 nitrogen and oxygen atoms in total. The molecular formula is C14H25NO6. The molecule has 0 aliphatic carbocycles. The van der Waals surface area contributed by atoms with Crippen molar-refractivity contribution < 1.29 is 24.9 Å². The second kappa shape index (κ2) is 7.49. The zero-order valence-corrected chi connectivity index (χ0v) is 13.0. The summed E-state index contributed by atoms with van der Waals surface area (Å²) in [5.41, 5.74) is -2.53. The molecule has 0 aliphatic rings. The van der Waals surface area contributed by atoms with Crippen LogP contribution in [0.15, 0.2) is 5.18 Å². The van der Waals surface area contributed by atoms with E-state index in [9.17, 15) is 19.6 Å². The largest absolute Gasteiger partial charge is 0.481 e. The fourth-order valence-electron chi connectivity index (χ4n) is 2.32. The molecule has 122 valence electrons. The quantitative estimate of drug-likeness (QED) is 0.420. The first-order valence-electron chi connectivity index (χ1n) is 6.96. The Labute approximate surface area is 124 Å².